The van der Waals surface area contributed by atoms with Gasteiger partial charge in [-0.2, -0.15) is 0 Å². The minimum atomic E-state index is -0.684. The molecule has 0 saturated heterocycles. The zero-order valence-corrected chi connectivity index (χ0v) is 8.69. The second-order valence-electron chi connectivity index (χ2n) is 2.21. The largest absolute Gasteiger partial charge is 0.280 e. The second kappa shape index (κ2) is 6.32. The number of hydrogen-bond donors (Lipinski definition) is 0. The van der Waals surface area contributed by atoms with Gasteiger partial charge in [0.15, 0.2) is 0 Å². The molecule has 0 aliphatic heterocycles. The normalized spacial score (nSPS) is 10.2. The predicted octanol–water partition coefficient (Wildman–Crippen LogP) is 0.585. The van der Waals surface area contributed by atoms with Gasteiger partial charge < -0.3 is 0 Å². The van der Waals surface area contributed by atoms with Crippen LogP contribution in [0.1, 0.15) is 0 Å². The van der Waals surface area contributed by atoms with E-state index in [-0.39, 0.29) is 19.6 Å². The van der Waals surface area contributed by atoms with Crippen molar-refractivity contribution in [2.75, 3.05) is 19.6 Å². The van der Waals surface area contributed by atoms with Gasteiger partial charge in [0, 0.05) is 0 Å². The average molecular weight is 246 g/mol. The molecule has 0 radical (unpaired) electrons. The molecule has 0 N–H and O–H groups in total. The van der Waals surface area contributed by atoms with Crippen LogP contribution in [0, 0.1) is 0 Å². The minimum absolute atomic E-state index is 0.238. The molecule has 4 nitrogen and oxygen atoms in total. The first-order valence-electron chi connectivity index (χ1n) is 3.19. The van der Waals surface area contributed by atoms with E-state index in [4.69, 9.17) is 34.8 Å². The van der Waals surface area contributed by atoms with Gasteiger partial charge in [0.2, 0.25) is 15.7 Å². The lowest BCUT2D eigenvalue weighted by Crippen LogP contribution is -2.34. The summed E-state index contributed by atoms with van der Waals surface area (Å²) < 4.78 is 0. The van der Waals surface area contributed by atoms with Crippen LogP contribution >= 0.6 is 34.8 Å². The van der Waals surface area contributed by atoms with Crippen molar-refractivity contribution >= 4 is 50.5 Å². The van der Waals surface area contributed by atoms with Crippen molar-refractivity contribution in [3.05, 3.63) is 0 Å². The molecule has 0 rings (SSSR count). The Bertz CT molecular complexity index is 193. The molecular weight excluding hydrogens is 240 g/mol. The van der Waals surface area contributed by atoms with E-state index in [0.29, 0.717) is 0 Å². The third-order valence-corrected chi connectivity index (χ3v) is 1.40. The van der Waals surface area contributed by atoms with E-state index < -0.39 is 15.7 Å². The summed E-state index contributed by atoms with van der Waals surface area (Å²) in [6.07, 6.45) is 0. The lowest BCUT2D eigenvalue weighted by atomic mass is 10.5. The number of carbonyl (C=O) groups is 3. The van der Waals surface area contributed by atoms with Gasteiger partial charge in [-0.1, -0.05) is 0 Å². The maximum absolute atomic E-state index is 10.4. The van der Waals surface area contributed by atoms with Gasteiger partial charge >= 0.3 is 0 Å². The van der Waals surface area contributed by atoms with Crippen molar-refractivity contribution in [1.29, 1.82) is 0 Å². The van der Waals surface area contributed by atoms with Gasteiger partial charge in [0.25, 0.3) is 0 Å². The van der Waals surface area contributed by atoms with Crippen LogP contribution in [0.2, 0.25) is 0 Å². The summed E-state index contributed by atoms with van der Waals surface area (Å²) in [7, 11) is 0. The van der Waals surface area contributed by atoms with E-state index in [9.17, 15) is 14.4 Å². The molecule has 13 heavy (non-hydrogen) atoms. The number of carbonyl (C=O) groups excluding carboxylic acids is 3. The van der Waals surface area contributed by atoms with Gasteiger partial charge in [0.05, 0.1) is 19.6 Å². The van der Waals surface area contributed by atoms with Gasteiger partial charge in [0.1, 0.15) is 0 Å². The fourth-order valence-electron chi connectivity index (χ4n) is 0.695. The number of halogens is 3. The Morgan fingerprint density at radius 2 is 1.00 bits per heavy atom. The first-order valence-corrected chi connectivity index (χ1v) is 4.32. The molecule has 0 saturated carbocycles. The maximum Gasteiger partial charge on any atom is 0.235 e. The van der Waals surface area contributed by atoms with Crippen LogP contribution in [0.4, 0.5) is 0 Å². The van der Waals surface area contributed by atoms with Gasteiger partial charge in [-0.3, -0.25) is 19.3 Å². The first-order chi connectivity index (χ1) is 5.91. The Morgan fingerprint density at radius 1 is 0.769 bits per heavy atom. The molecule has 0 aromatic heterocycles. The fourth-order valence-corrected chi connectivity index (χ4v) is 1.20. The summed E-state index contributed by atoms with van der Waals surface area (Å²) in [5, 5.41) is -2.05. The van der Waals surface area contributed by atoms with E-state index in [1.165, 1.54) is 0 Å². The summed E-state index contributed by atoms with van der Waals surface area (Å²) in [5.41, 5.74) is 0. The standard InChI is InChI=1S/C6H6Cl3NO3/c7-4(11)1-10(2-5(8)12)3-6(9)13/h1-3H2. The van der Waals surface area contributed by atoms with Crippen LogP contribution in [0.3, 0.4) is 0 Å². The lowest BCUT2D eigenvalue weighted by molar-refractivity contribution is -0.117. The number of hydrogen-bond acceptors (Lipinski definition) is 4. The van der Waals surface area contributed by atoms with E-state index >= 15 is 0 Å². The molecule has 0 aliphatic rings. The highest BCUT2D eigenvalue weighted by atomic mass is 35.5. The van der Waals surface area contributed by atoms with Crippen molar-refractivity contribution in [1.82, 2.24) is 4.90 Å². The van der Waals surface area contributed by atoms with E-state index in [1.54, 1.807) is 0 Å². The van der Waals surface area contributed by atoms with Crippen LogP contribution in [-0.4, -0.2) is 40.3 Å². The molecule has 0 fully saturated rings. The molecule has 0 aliphatic carbocycles. The van der Waals surface area contributed by atoms with Crippen molar-refractivity contribution in [2.24, 2.45) is 0 Å². The van der Waals surface area contributed by atoms with E-state index in [0.717, 1.165) is 4.90 Å². The molecule has 0 heterocycles. The van der Waals surface area contributed by atoms with Crippen LogP contribution in [0.5, 0.6) is 0 Å². The SMILES string of the molecule is O=C(Cl)CN(CC(=O)Cl)CC(=O)Cl. The fraction of sp³-hybridized carbons (Fsp3) is 0.500. The highest BCUT2D eigenvalue weighted by Gasteiger charge is 2.14. The molecule has 0 amide bonds. The highest BCUT2D eigenvalue weighted by Crippen LogP contribution is 1.96. The summed E-state index contributed by atoms with van der Waals surface area (Å²) in [6, 6.07) is 0. The molecule has 0 aromatic rings. The third kappa shape index (κ3) is 8.18. The molecule has 0 unspecified atom stereocenters. The summed E-state index contributed by atoms with van der Waals surface area (Å²) in [6.45, 7) is -0.713. The smallest absolute Gasteiger partial charge is 0.235 e. The van der Waals surface area contributed by atoms with Crippen molar-refractivity contribution in [3.8, 4) is 0 Å². The van der Waals surface area contributed by atoms with Crippen molar-refractivity contribution < 1.29 is 14.4 Å². The molecule has 7 heteroatoms. The van der Waals surface area contributed by atoms with Gasteiger partial charge in [-0.25, -0.2) is 0 Å². The summed E-state index contributed by atoms with van der Waals surface area (Å²) >= 11 is 15.2. The van der Waals surface area contributed by atoms with Crippen molar-refractivity contribution in [2.45, 2.75) is 0 Å². The van der Waals surface area contributed by atoms with E-state index in [1.807, 2.05) is 0 Å². The zero-order chi connectivity index (χ0) is 10.4. The molecule has 74 valence electrons. The first kappa shape index (κ1) is 12.8. The molecule has 0 spiro atoms. The van der Waals surface area contributed by atoms with Crippen LogP contribution in [0.25, 0.3) is 0 Å². The monoisotopic (exact) mass is 245 g/mol. The quantitative estimate of drug-likeness (QED) is 0.644. The van der Waals surface area contributed by atoms with Crippen LogP contribution < -0.4 is 0 Å². The number of nitrogens with zero attached hydrogens (tertiary/aromatic N) is 1. The molecule has 0 aromatic carbocycles. The molecule has 0 atom stereocenters. The predicted molar refractivity (Wildman–Crippen MR) is 49.0 cm³/mol. The average Bonchev–Trinajstić information content (AvgIpc) is 1.80. The Hall–Kier alpha value is -0.160. The second-order valence-corrected chi connectivity index (χ2v) is 3.48. The molecule has 0 bridgehead atoms. The highest BCUT2D eigenvalue weighted by molar-refractivity contribution is 6.65. The van der Waals surface area contributed by atoms with Gasteiger partial charge in [-0.15, -0.1) is 0 Å². The lowest BCUT2D eigenvalue weighted by Gasteiger charge is -2.14. The van der Waals surface area contributed by atoms with Crippen LogP contribution in [0.15, 0.2) is 0 Å². The minimum Gasteiger partial charge on any atom is -0.280 e. The Labute approximate surface area is 89.7 Å². The topological polar surface area (TPSA) is 54.5 Å². The third-order valence-electron chi connectivity index (χ3n) is 1.04. The van der Waals surface area contributed by atoms with Crippen LogP contribution in [-0.2, 0) is 14.4 Å². The van der Waals surface area contributed by atoms with E-state index in [2.05, 4.69) is 0 Å². The maximum atomic E-state index is 10.4. The Morgan fingerprint density at radius 3 is 1.15 bits per heavy atom. The molecular formula is C6H6Cl3NO3. The zero-order valence-electron chi connectivity index (χ0n) is 6.43. The summed E-state index contributed by atoms with van der Waals surface area (Å²) in [4.78, 5) is 32.4. The van der Waals surface area contributed by atoms with Gasteiger partial charge in [-0.05, 0) is 34.8 Å². The Kier molecular flexibility index (Phi) is 6.24. The number of rotatable bonds is 6. The Balaban J connectivity index is 4.10. The summed E-state index contributed by atoms with van der Waals surface area (Å²) in [5.74, 6) is 0. The van der Waals surface area contributed by atoms with Crippen molar-refractivity contribution in [3.63, 3.8) is 0 Å².